The summed E-state index contributed by atoms with van der Waals surface area (Å²) in [6, 6.07) is 0.662. The molecule has 58 valence electrons. The average Bonchev–Trinajstić information content (AvgIpc) is 2.05. The zero-order chi connectivity index (χ0) is 6.81. The maximum Gasteiger partial charge on any atom is 0.0819 e. The maximum atomic E-state index is 5.60. The number of hydrogen-bond donors (Lipinski definition) is 1. The molecule has 0 amide bonds. The van der Waals surface area contributed by atoms with Crippen LogP contribution in [0.4, 0.5) is 0 Å². The van der Waals surface area contributed by atoms with Crippen molar-refractivity contribution in [1.29, 1.82) is 0 Å². The number of morpholine rings is 1. The number of rotatable bonds is 0. The van der Waals surface area contributed by atoms with Gasteiger partial charge in [0.1, 0.15) is 0 Å². The third-order valence-electron chi connectivity index (χ3n) is 2.14. The zero-order valence-electron chi connectivity index (χ0n) is 6.01. The summed E-state index contributed by atoms with van der Waals surface area (Å²) in [6.45, 7) is 1.95. The fourth-order valence-electron chi connectivity index (χ4n) is 1.56. The van der Waals surface area contributed by atoms with Crippen molar-refractivity contribution in [2.24, 2.45) is 0 Å². The van der Waals surface area contributed by atoms with E-state index in [2.05, 4.69) is 5.32 Å². The summed E-state index contributed by atoms with van der Waals surface area (Å²) in [5.41, 5.74) is 0. The molecule has 2 atom stereocenters. The standard InChI is InChI=1S/C7H13NOS/c1-4-10-5-7-6(1)8-2-3-9-7/h6-8H,1-5H2/t6-,7+/m1/s1. The van der Waals surface area contributed by atoms with Gasteiger partial charge in [-0.3, -0.25) is 0 Å². The van der Waals surface area contributed by atoms with Crippen LogP contribution in [0.5, 0.6) is 0 Å². The van der Waals surface area contributed by atoms with E-state index in [1.54, 1.807) is 0 Å². The van der Waals surface area contributed by atoms with Gasteiger partial charge in [-0.05, 0) is 12.2 Å². The molecule has 10 heavy (non-hydrogen) atoms. The summed E-state index contributed by atoms with van der Waals surface area (Å²) in [7, 11) is 0. The molecule has 2 rings (SSSR count). The van der Waals surface area contributed by atoms with Gasteiger partial charge in [0.25, 0.3) is 0 Å². The van der Waals surface area contributed by atoms with Crippen LogP contribution in [0.15, 0.2) is 0 Å². The minimum absolute atomic E-state index is 0.507. The van der Waals surface area contributed by atoms with Crippen molar-refractivity contribution in [3.05, 3.63) is 0 Å². The summed E-state index contributed by atoms with van der Waals surface area (Å²) in [6.07, 6.45) is 1.79. The molecule has 2 fully saturated rings. The largest absolute Gasteiger partial charge is 0.374 e. The molecule has 2 aliphatic rings. The molecule has 0 aromatic heterocycles. The van der Waals surface area contributed by atoms with Crippen LogP contribution in [0.25, 0.3) is 0 Å². The molecular weight excluding hydrogens is 146 g/mol. The Bertz CT molecular complexity index is 94.2. The number of thioether (sulfide) groups is 1. The Morgan fingerprint density at radius 2 is 2.50 bits per heavy atom. The van der Waals surface area contributed by atoms with Gasteiger partial charge in [-0.25, -0.2) is 0 Å². The predicted molar refractivity (Wildman–Crippen MR) is 43.5 cm³/mol. The first-order valence-electron chi connectivity index (χ1n) is 3.89. The van der Waals surface area contributed by atoms with Gasteiger partial charge in [-0.15, -0.1) is 0 Å². The SMILES string of the molecule is C1CO[C@H]2CSCC[C@H]2N1. The first-order chi connectivity index (χ1) is 4.97. The van der Waals surface area contributed by atoms with Gasteiger partial charge in [-0.1, -0.05) is 0 Å². The molecule has 0 aromatic rings. The monoisotopic (exact) mass is 159 g/mol. The van der Waals surface area contributed by atoms with E-state index in [0.29, 0.717) is 12.1 Å². The average molecular weight is 159 g/mol. The van der Waals surface area contributed by atoms with Crippen molar-refractivity contribution in [2.75, 3.05) is 24.7 Å². The van der Waals surface area contributed by atoms with Crippen LogP contribution in [0.2, 0.25) is 0 Å². The quantitative estimate of drug-likeness (QED) is 0.555. The molecule has 0 bridgehead atoms. The second-order valence-corrected chi connectivity index (χ2v) is 3.98. The topological polar surface area (TPSA) is 21.3 Å². The van der Waals surface area contributed by atoms with E-state index in [1.165, 1.54) is 17.9 Å². The Morgan fingerprint density at radius 3 is 3.40 bits per heavy atom. The highest BCUT2D eigenvalue weighted by Crippen LogP contribution is 2.21. The molecule has 0 aliphatic carbocycles. The Labute approximate surface area is 65.7 Å². The lowest BCUT2D eigenvalue weighted by atomic mass is 10.1. The molecule has 0 radical (unpaired) electrons. The van der Waals surface area contributed by atoms with Gasteiger partial charge >= 0.3 is 0 Å². The molecule has 2 nitrogen and oxygen atoms in total. The van der Waals surface area contributed by atoms with E-state index in [1.807, 2.05) is 11.8 Å². The second-order valence-electron chi connectivity index (χ2n) is 2.83. The van der Waals surface area contributed by atoms with Crippen molar-refractivity contribution in [1.82, 2.24) is 5.32 Å². The molecule has 3 heteroatoms. The van der Waals surface area contributed by atoms with E-state index < -0.39 is 0 Å². The first-order valence-corrected chi connectivity index (χ1v) is 5.05. The Hall–Kier alpha value is 0.270. The van der Waals surface area contributed by atoms with Crippen LogP contribution in [0.3, 0.4) is 0 Å². The summed E-state index contributed by atoms with van der Waals surface area (Å²) in [5.74, 6) is 2.50. The number of hydrogen-bond acceptors (Lipinski definition) is 3. The van der Waals surface area contributed by atoms with Crippen molar-refractivity contribution >= 4 is 11.8 Å². The molecule has 2 aliphatic heterocycles. The Kier molecular flexibility index (Phi) is 2.16. The van der Waals surface area contributed by atoms with Crippen LogP contribution < -0.4 is 5.32 Å². The highest BCUT2D eigenvalue weighted by atomic mass is 32.2. The molecule has 0 aromatic carbocycles. The first kappa shape index (κ1) is 6.95. The van der Waals surface area contributed by atoms with Crippen LogP contribution >= 0.6 is 11.8 Å². The van der Waals surface area contributed by atoms with Gasteiger partial charge in [0, 0.05) is 18.3 Å². The van der Waals surface area contributed by atoms with Crippen LogP contribution in [-0.4, -0.2) is 36.8 Å². The lowest BCUT2D eigenvalue weighted by Crippen LogP contribution is -2.51. The van der Waals surface area contributed by atoms with E-state index in [-0.39, 0.29) is 0 Å². The summed E-state index contributed by atoms with van der Waals surface area (Å²) >= 11 is 2.02. The third-order valence-corrected chi connectivity index (χ3v) is 3.23. The molecule has 2 heterocycles. The third kappa shape index (κ3) is 1.31. The Morgan fingerprint density at radius 1 is 1.50 bits per heavy atom. The fraction of sp³-hybridized carbons (Fsp3) is 1.00. The van der Waals surface area contributed by atoms with E-state index in [4.69, 9.17) is 4.74 Å². The molecule has 1 N–H and O–H groups in total. The number of fused-ring (bicyclic) bond motifs is 1. The molecule has 0 spiro atoms. The summed E-state index contributed by atoms with van der Waals surface area (Å²) in [5, 5.41) is 3.48. The lowest BCUT2D eigenvalue weighted by molar-refractivity contribution is 0.00842. The van der Waals surface area contributed by atoms with Crippen molar-refractivity contribution < 1.29 is 4.74 Å². The zero-order valence-corrected chi connectivity index (χ0v) is 6.82. The molecule has 0 saturated carbocycles. The molecule has 2 saturated heterocycles. The highest BCUT2D eigenvalue weighted by Gasteiger charge is 2.27. The van der Waals surface area contributed by atoms with Crippen LogP contribution in [-0.2, 0) is 4.74 Å². The van der Waals surface area contributed by atoms with E-state index in [9.17, 15) is 0 Å². The maximum absolute atomic E-state index is 5.60. The van der Waals surface area contributed by atoms with E-state index >= 15 is 0 Å². The van der Waals surface area contributed by atoms with Gasteiger partial charge in [0.15, 0.2) is 0 Å². The van der Waals surface area contributed by atoms with Crippen molar-refractivity contribution in [2.45, 2.75) is 18.6 Å². The molecule has 0 unspecified atom stereocenters. The highest BCUT2D eigenvalue weighted by molar-refractivity contribution is 7.99. The number of nitrogens with one attached hydrogen (secondary N) is 1. The normalized spacial score (nSPS) is 40.8. The minimum Gasteiger partial charge on any atom is -0.374 e. The second kappa shape index (κ2) is 3.11. The van der Waals surface area contributed by atoms with E-state index in [0.717, 1.165) is 13.2 Å². The van der Waals surface area contributed by atoms with Crippen molar-refractivity contribution in [3.8, 4) is 0 Å². The van der Waals surface area contributed by atoms with Crippen LogP contribution in [0.1, 0.15) is 6.42 Å². The Balaban J connectivity index is 1.93. The summed E-state index contributed by atoms with van der Waals surface area (Å²) < 4.78 is 5.60. The molecular formula is C7H13NOS. The van der Waals surface area contributed by atoms with Gasteiger partial charge in [0.05, 0.1) is 12.7 Å². The lowest BCUT2D eigenvalue weighted by Gasteiger charge is -2.35. The summed E-state index contributed by atoms with van der Waals surface area (Å²) in [4.78, 5) is 0. The van der Waals surface area contributed by atoms with Gasteiger partial charge < -0.3 is 10.1 Å². The predicted octanol–water partition coefficient (Wildman–Crippen LogP) is 0.480. The minimum atomic E-state index is 0.507. The fourth-order valence-corrected chi connectivity index (χ4v) is 2.71. The van der Waals surface area contributed by atoms with Gasteiger partial charge in [-0.2, -0.15) is 11.8 Å². The smallest absolute Gasteiger partial charge is 0.0819 e. The van der Waals surface area contributed by atoms with Crippen molar-refractivity contribution in [3.63, 3.8) is 0 Å². The number of ether oxygens (including phenoxy) is 1. The van der Waals surface area contributed by atoms with Gasteiger partial charge in [0.2, 0.25) is 0 Å². The van der Waals surface area contributed by atoms with Crippen LogP contribution in [0, 0.1) is 0 Å².